The fourth-order valence-electron chi connectivity index (χ4n) is 3.48. The van der Waals surface area contributed by atoms with E-state index in [0.29, 0.717) is 41.7 Å². The number of carbonyl (C=O) groups is 1. The minimum absolute atomic E-state index is 0.291. The van der Waals surface area contributed by atoms with Gasteiger partial charge in [0.15, 0.2) is 5.82 Å². The number of rotatable bonds is 6. The standard InChI is InChI=1S/C22H21FN6O/c1-3-17-21(25-12-14-6-4-7-15(23)11-14)26-22(28-27-17)19-13(2)10-16-8-5-9-18(20(24)30)29(16)19/h4-11H,3,12H2,1-2H3,(H2,24,30)(H,25,26,28). The van der Waals surface area contributed by atoms with E-state index >= 15 is 0 Å². The molecule has 0 bridgehead atoms. The summed E-state index contributed by atoms with van der Waals surface area (Å²) in [4.78, 5) is 16.6. The quantitative estimate of drug-likeness (QED) is 0.512. The van der Waals surface area contributed by atoms with E-state index in [9.17, 15) is 9.18 Å². The van der Waals surface area contributed by atoms with Crippen LogP contribution in [0, 0.1) is 12.7 Å². The van der Waals surface area contributed by atoms with E-state index in [1.165, 1.54) is 12.1 Å². The molecule has 7 nitrogen and oxygen atoms in total. The first-order valence-corrected chi connectivity index (χ1v) is 9.61. The van der Waals surface area contributed by atoms with Crippen molar-refractivity contribution in [1.82, 2.24) is 19.6 Å². The molecule has 8 heteroatoms. The largest absolute Gasteiger partial charge is 0.364 e. The van der Waals surface area contributed by atoms with Crippen molar-refractivity contribution in [2.24, 2.45) is 5.73 Å². The third-order valence-electron chi connectivity index (χ3n) is 4.89. The molecule has 3 aromatic heterocycles. The summed E-state index contributed by atoms with van der Waals surface area (Å²) in [6.07, 6.45) is 0.631. The lowest BCUT2D eigenvalue weighted by Gasteiger charge is -2.12. The second-order valence-corrected chi connectivity index (χ2v) is 6.98. The predicted molar refractivity (Wildman–Crippen MR) is 113 cm³/mol. The number of halogens is 1. The van der Waals surface area contributed by atoms with E-state index in [-0.39, 0.29) is 5.82 Å². The number of hydrogen-bond acceptors (Lipinski definition) is 5. The van der Waals surface area contributed by atoms with Gasteiger partial charge in [-0.05, 0) is 54.8 Å². The molecule has 0 unspecified atom stereocenters. The van der Waals surface area contributed by atoms with Crippen LogP contribution >= 0.6 is 0 Å². The summed E-state index contributed by atoms with van der Waals surface area (Å²) in [6, 6.07) is 13.6. The molecule has 0 fully saturated rings. The zero-order chi connectivity index (χ0) is 21.3. The summed E-state index contributed by atoms with van der Waals surface area (Å²) in [5.74, 6) is 0.110. The minimum Gasteiger partial charge on any atom is -0.364 e. The van der Waals surface area contributed by atoms with Crippen LogP contribution in [0.4, 0.5) is 10.2 Å². The van der Waals surface area contributed by atoms with Gasteiger partial charge in [0.05, 0.1) is 5.69 Å². The number of carbonyl (C=O) groups excluding carboxylic acids is 1. The highest BCUT2D eigenvalue weighted by Gasteiger charge is 2.19. The minimum atomic E-state index is -0.542. The molecule has 0 aliphatic heterocycles. The van der Waals surface area contributed by atoms with E-state index < -0.39 is 5.91 Å². The monoisotopic (exact) mass is 404 g/mol. The van der Waals surface area contributed by atoms with Crippen molar-refractivity contribution < 1.29 is 9.18 Å². The van der Waals surface area contributed by atoms with Gasteiger partial charge in [0.2, 0.25) is 5.82 Å². The highest BCUT2D eigenvalue weighted by Crippen LogP contribution is 2.27. The maximum Gasteiger partial charge on any atom is 0.265 e. The van der Waals surface area contributed by atoms with Crippen LogP contribution in [-0.2, 0) is 13.0 Å². The fraction of sp³-hybridized carbons (Fsp3) is 0.182. The molecule has 4 aromatic rings. The average molecular weight is 404 g/mol. The van der Waals surface area contributed by atoms with Gasteiger partial charge in [0.1, 0.15) is 17.2 Å². The Morgan fingerprint density at radius 3 is 2.70 bits per heavy atom. The number of nitrogens with two attached hydrogens (primary N) is 1. The molecule has 0 radical (unpaired) electrons. The highest BCUT2D eigenvalue weighted by atomic mass is 19.1. The Morgan fingerprint density at radius 2 is 1.97 bits per heavy atom. The number of nitrogens with zero attached hydrogens (tertiary/aromatic N) is 4. The molecule has 0 spiro atoms. The van der Waals surface area contributed by atoms with Gasteiger partial charge in [-0.25, -0.2) is 9.37 Å². The van der Waals surface area contributed by atoms with Crippen LogP contribution in [-0.4, -0.2) is 25.5 Å². The summed E-state index contributed by atoms with van der Waals surface area (Å²) in [6.45, 7) is 4.27. The van der Waals surface area contributed by atoms with Crippen molar-refractivity contribution in [3.8, 4) is 11.5 Å². The second kappa shape index (κ2) is 7.90. The van der Waals surface area contributed by atoms with Crippen molar-refractivity contribution in [1.29, 1.82) is 0 Å². The Balaban J connectivity index is 1.78. The van der Waals surface area contributed by atoms with E-state index in [1.54, 1.807) is 22.6 Å². The molecule has 1 amide bonds. The highest BCUT2D eigenvalue weighted by molar-refractivity contribution is 5.93. The number of anilines is 1. The Bertz CT molecular complexity index is 1250. The molecule has 0 saturated heterocycles. The molecule has 3 heterocycles. The molecule has 30 heavy (non-hydrogen) atoms. The van der Waals surface area contributed by atoms with E-state index in [4.69, 9.17) is 5.73 Å². The molecule has 3 N–H and O–H groups in total. The van der Waals surface area contributed by atoms with Crippen LogP contribution in [0.5, 0.6) is 0 Å². The average Bonchev–Trinajstić information content (AvgIpc) is 3.07. The number of primary amides is 1. The molecule has 152 valence electrons. The lowest BCUT2D eigenvalue weighted by molar-refractivity contribution is 0.0994. The second-order valence-electron chi connectivity index (χ2n) is 6.98. The SMILES string of the molecule is CCc1nnc(-c2c(C)cc3cccc(C(N)=O)n23)nc1NCc1cccc(F)c1. The summed E-state index contributed by atoms with van der Waals surface area (Å²) < 4.78 is 15.2. The predicted octanol–water partition coefficient (Wildman–Crippen LogP) is 3.51. The van der Waals surface area contributed by atoms with Gasteiger partial charge in [0.25, 0.3) is 5.91 Å². The van der Waals surface area contributed by atoms with Crippen LogP contribution in [0.25, 0.3) is 17.0 Å². The number of aromatic nitrogens is 4. The first-order valence-electron chi connectivity index (χ1n) is 9.61. The van der Waals surface area contributed by atoms with E-state index in [1.807, 2.05) is 32.0 Å². The van der Waals surface area contributed by atoms with Crippen molar-refractivity contribution in [2.75, 3.05) is 5.32 Å². The fourth-order valence-corrected chi connectivity index (χ4v) is 3.48. The van der Waals surface area contributed by atoms with Gasteiger partial charge >= 0.3 is 0 Å². The first-order chi connectivity index (χ1) is 14.5. The van der Waals surface area contributed by atoms with Crippen molar-refractivity contribution in [3.63, 3.8) is 0 Å². The topological polar surface area (TPSA) is 98.2 Å². The van der Waals surface area contributed by atoms with Crippen LogP contribution < -0.4 is 11.1 Å². The van der Waals surface area contributed by atoms with Gasteiger partial charge < -0.3 is 15.5 Å². The maximum absolute atomic E-state index is 13.5. The molecule has 0 aliphatic rings. The zero-order valence-corrected chi connectivity index (χ0v) is 16.7. The van der Waals surface area contributed by atoms with Crippen LogP contribution in [0.1, 0.15) is 34.2 Å². The summed E-state index contributed by atoms with van der Waals surface area (Å²) in [5, 5.41) is 11.9. The molecule has 4 rings (SSSR count). The van der Waals surface area contributed by atoms with Crippen molar-refractivity contribution in [2.45, 2.75) is 26.8 Å². The Hall–Kier alpha value is -3.81. The van der Waals surface area contributed by atoms with Crippen LogP contribution in [0.2, 0.25) is 0 Å². The third-order valence-corrected chi connectivity index (χ3v) is 4.89. The number of amides is 1. The Labute approximate surface area is 172 Å². The summed E-state index contributed by atoms with van der Waals surface area (Å²) >= 11 is 0. The molecule has 0 aliphatic carbocycles. The summed E-state index contributed by atoms with van der Waals surface area (Å²) in [5.41, 5.74) is 9.77. The molecular formula is C22H21FN6O. The summed E-state index contributed by atoms with van der Waals surface area (Å²) in [7, 11) is 0. The van der Waals surface area contributed by atoms with Crippen molar-refractivity contribution >= 4 is 17.2 Å². The van der Waals surface area contributed by atoms with Crippen LogP contribution in [0.3, 0.4) is 0 Å². The van der Waals surface area contributed by atoms with Gasteiger partial charge in [-0.3, -0.25) is 4.79 Å². The van der Waals surface area contributed by atoms with Gasteiger partial charge in [0, 0.05) is 12.1 Å². The third kappa shape index (κ3) is 3.59. The number of fused-ring (bicyclic) bond motifs is 1. The Kier molecular flexibility index (Phi) is 5.14. The number of benzene rings is 1. The lowest BCUT2D eigenvalue weighted by atomic mass is 10.2. The van der Waals surface area contributed by atoms with Crippen molar-refractivity contribution in [3.05, 3.63) is 76.9 Å². The first kappa shape index (κ1) is 19.5. The normalized spacial score (nSPS) is 11.0. The number of aryl methyl sites for hydroxylation is 2. The van der Waals surface area contributed by atoms with Gasteiger partial charge in [-0.15, -0.1) is 10.2 Å². The van der Waals surface area contributed by atoms with Gasteiger partial charge in [-0.1, -0.05) is 25.1 Å². The maximum atomic E-state index is 13.5. The van der Waals surface area contributed by atoms with E-state index in [0.717, 1.165) is 16.6 Å². The zero-order valence-electron chi connectivity index (χ0n) is 16.7. The molecule has 0 saturated carbocycles. The number of pyridine rings is 1. The Morgan fingerprint density at radius 1 is 1.17 bits per heavy atom. The van der Waals surface area contributed by atoms with Crippen LogP contribution in [0.15, 0.2) is 48.5 Å². The molecule has 0 atom stereocenters. The van der Waals surface area contributed by atoms with Gasteiger partial charge in [-0.2, -0.15) is 0 Å². The molecule has 1 aromatic carbocycles. The number of hydrogen-bond donors (Lipinski definition) is 2. The van der Waals surface area contributed by atoms with E-state index in [2.05, 4.69) is 20.5 Å². The number of nitrogens with one attached hydrogen (secondary N) is 1. The lowest BCUT2D eigenvalue weighted by Crippen LogP contribution is -2.16. The molecular weight excluding hydrogens is 383 g/mol. The smallest absolute Gasteiger partial charge is 0.265 e.